The minimum Gasteiger partial charge on any atom is -0.392 e. The lowest BCUT2D eigenvalue weighted by atomic mass is 10.0. The summed E-state index contributed by atoms with van der Waals surface area (Å²) in [5.74, 6) is -1.94. The van der Waals surface area contributed by atoms with E-state index in [0.717, 1.165) is 12.1 Å². The normalized spacial score (nSPS) is 12.4. The van der Waals surface area contributed by atoms with Crippen molar-refractivity contribution < 1.29 is 18.3 Å². The van der Waals surface area contributed by atoms with Gasteiger partial charge in [-0.15, -0.1) is 0 Å². The Hall–Kier alpha value is -1.52. The zero-order valence-corrected chi connectivity index (χ0v) is 11.2. The highest BCUT2D eigenvalue weighted by Gasteiger charge is 2.14. The zero-order chi connectivity index (χ0) is 14.7. The summed E-state index contributed by atoms with van der Waals surface area (Å²) in [7, 11) is 0. The van der Waals surface area contributed by atoms with Gasteiger partial charge in [-0.3, -0.25) is 0 Å². The van der Waals surface area contributed by atoms with E-state index >= 15 is 0 Å². The van der Waals surface area contributed by atoms with Crippen LogP contribution in [0.3, 0.4) is 0 Å². The van der Waals surface area contributed by atoms with Crippen LogP contribution >= 0.6 is 11.6 Å². The Bertz CT molecular complexity index is 596. The van der Waals surface area contributed by atoms with Crippen LogP contribution in [0.4, 0.5) is 13.2 Å². The molecule has 0 amide bonds. The molecule has 0 aliphatic heterocycles. The van der Waals surface area contributed by atoms with E-state index in [-0.39, 0.29) is 23.4 Å². The molecular weight excluding hydrogens is 289 g/mol. The number of hydrogen-bond acceptors (Lipinski definition) is 1. The maximum Gasteiger partial charge on any atom is 0.141 e. The van der Waals surface area contributed by atoms with E-state index in [4.69, 9.17) is 11.6 Å². The van der Waals surface area contributed by atoms with Crippen molar-refractivity contribution in [3.8, 4) is 0 Å². The van der Waals surface area contributed by atoms with Gasteiger partial charge < -0.3 is 5.11 Å². The summed E-state index contributed by atoms with van der Waals surface area (Å²) in [5, 5.41) is 9.85. The molecule has 1 unspecified atom stereocenters. The summed E-state index contributed by atoms with van der Waals surface area (Å²) in [5.41, 5.74) is 0.439. The molecule has 2 aromatic rings. The van der Waals surface area contributed by atoms with E-state index in [9.17, 15) is 18.3 Å². The molecule has 0 bridgehead atoms. The van der Waals surface area contributed by atoms with Crippen LogP contribution in [0.2, 0.25) is 5.02 Å². The second-order valence-corrected chi connectivity index (χ2v) is 4.92. The average molecular weight is 301 g/mol. The molecule has 2 aromatic carbocycles. The lowest BCUT2D eigenvalue weighted by Gasteiger charge is -2.12. The number of benzene rings is 2. The van der Waals surface area contributed by atoms with E-state index in [1.807, 2.05) is 0 Å². The lowest BCUT2D eigenvalue weighted by molar-refractivity contribution is 0.172. The van der Waals surface area contributed by atoms with E-state index in [2.05, 4.69) is 0 Å². The highest BCUT2D eigenvalue weighted by Crippen LogP contribution is 2.19. The molecule has 1 nitrogen and oxygen atoms in total. The number of aliphatic hydroxyl groups excluding tert-OH is 1. The van der Waals surface area contributed by atoms with E-state index in [1.54, 1.807) is 0 Å². The van der Waals surface area contributed by atoms with Crippen molar-refractivity contribution in [3.63, 3.8) is 0 Å². The van der Waals surface area contributed by atoms with Crippen LogP contribution in [0, 0.1) is 17.5 Å². The van der Waals surface area contributed by atoms with Gasteiger partial charge in [0.1, 0.15) is 17.5 Å². The van der Waals surface area contributed by atoms with Crippen LogP contribution in [-0.2, 0) is 12.8 Å². The Balaban J connectivity index is 2.09. The number of aliphatic hydroxyl groups is 1. The summed E-state index contributed by atoms with van der Waals surface area (Å²) in [6.07, 6.45) is -1.01. The third kappa shape index (κ3) is 3.52. The predicted octanol–water partition coefficient (Wildman–Crippen LogP) is 3.90. The third-order valence-electron chi connectivity index (χ3n) is 2.96. The molecule has 0 heterocycles. The molecule has 2 rings (SSSR count). The Morgan fingerprint density at radius 3 is 2.20 bits per heavy atom. The van der Waals surface area contributed by atoms with Crippen molar-refractivity contribution >= 4 is 11.6 Å². The number of halogens is 4. The van der Waals surface area contributed by atoms with Crippen molar-refractivity contribution in [1.82, 2.24) is 0 Å². The molecule has 0 aliphatic carbocycles. The monoisotopic (exact) mass is 300 g/mol. The molecule has 1 N–H and O–H groups in total. The van der Waals surface area contributed by atoms with Gasteiger partial charge in [-0.1, -0.05) is 23.7 Å². The largest absolute Gasteiger partial charge is 0.392 e. The van der Waals surface area contributed by atoms with Crippen LogP contribution in [0.5, 0.6) is 0 Å². The fourth-order valence-electron chi connectivity index (χ4n) is 1.97. The van der Waals surface area contributed by atoms with Crippen molar-refractivity contribution in [2.75, 3.05) is 0 Å². The van der Waals surface area contributed by atoms with Gasteiger partial charge in [0.15, 0.2) is 0 Å². The second kappa shape index (κ2) is 6.29. The van der Waals surface area contributed by atoms with Crippen LogP contribution in [-0.4, -0.2) is 11.2 Å². The maximum absolute atomic E-state index is 13.4. The van der Waals surface area contributed by atoms with Crippen molar-refractivity contribution in [1.29, 1.82) is 0 Å². The second-order valence-electron chi connectivity index (χ2n) is 4.51. The highest BCUT2D eigenvalue weighted by molar-refractivity contribution is 6.30. The first-order valence-corrected chi connectivity index (χ1v) is 6.40. The Kier molecular flexibility index (Phi) is 4.68. The van der Waals surface area contributed by atoms with Gasteiger partial charge in [0.2, 0.25) is 0 Å². The number of hydrogen-bond donors (Lipinski definition) is 1. The van der Waals surface area contributed by atoms with E-state index in [1.165, 1.54) is 24.3 Å². The SMILES string of the molecule is OC(Cc1ccc(F)c(Cl)c1)Cc1c(F)cccc1F. The quantitative estimate of drug-likeness (QED) is 0.908. The summed E-state index contributed by atoms with van der Waals surface area (Å²) in [4.78, 5) is 0. The van der Waals surface area contributed by atoms with Gasteiger partial charge in [-0.25, -0.2) is 13.2 Å². The van der Waals surface area contributed by atoms with E-state index < -0.39 is 23.6 Å². The molecule has 106 valence electrons. The molecule has 0 spiro atoms. The molecule has 0 aliphatic rings. The van der Waals surface area contributed by atoms with Crippen LogP contribution in [0.25, 0.3) is 0 Å². The maximum atomic E-state index is 13.4. The molecule has 0 fully saturated rings. The lowest BCUT2D eigenvalue weighted by Crippen LogP contribution is -2.16. The average Bonchev–Trinajstić information content (AvgIpc) is 2.38. The van der Waals surface area contributed by atoms with Crippen molar-refractivity contribution in [2.24, 2.45) is 0 Å². The number of rotatable bonds is 4. The van der Waals surface area contributed by atoms with Crippen molar-refractivity contribution in [3.05, 3.63) is 70.0 Å². The fraction of sp³-hybridized carbons (Fsp3) is 0.200. The zero-order valence-electron chi connectivity index (χ0n) is 10.4. The summed E-state index contributed by atoms with van der Waals surface area (Å²) >= 11 is 5.63. The van der Waals surface area contributed by atoms with Gasteiger partial charge in [-0.05, 0) is 36.2 Å². The minimum atomic E-state index is -0.983. The Morgan fingerprint density at radius 1 is 0.950 bits per heavy atom. The Morgan fingerprint density at radius 2 is 1.60 bits per heavy atom. The summed E-state index contributed by atoms with van der Waals surface area (Å²) in [6, 6.07) is 7.59. The van der Waals surface area contributed by atoms with Gasteiger partial charge in [-0.2, -0.15) is 0 Å². The molecule has 0 saturated carbocycles. The van der Waals surface area contributed by atoms with Gasteiger partial charge in [0.25, 0.3) is 0 Å². The first kappa shape index (κ1) is 14.9. The molecule has 0 radical (unpaired) electrons. The molecule has 20 heavy (non-hydrogen) atoms. The van der Waals surface area contributed by atoms with Crippen LogP contribution in [0.1, 0.15) is 11.1 Å². The van der Waals surface area contributed by atoms with Gasteiger partial charge in [0, 0.05) is 12.0 Å². The first-order valence-electron chi connectivity index (χ1n) is 6.02. The minimum absolute atomic E-state index is 0.0493. The molecular formula is C15H12ClF3O. The summed E-state index contributed by atoms with van der Waals surface area (Å²) in [6.45, 7) is 0. The van der Waals surface area contributed by atoms with Crippen molar-refractivity contribution in [2.45, 2.75) is 18.9 Å². The van der Waals surface area contributed by atoms with Crippen LogP contribution < -0.4 is 0 Å². The smallest absolute Gasteiger partial charge is 0.141 e. The molecule has 0 aromatic heterocycles. The Labute approximate surface area is 119 Å². The summed E-state index contributed by atoms with van der Waals surface area (Å²) < 4.78 is 39.9. The fourth-order valence-corrected chi connectivity index (χ4v) is 2.18. The standard InChI is InChI=1S/C15H12ClF3O/c16-12-7-9(4-5-15(12)19)6-10(20)8-11-13(17)2-1-3-14(11)18/h1-5,7,10,20H,6,8H2. The van der Waals surface area contributed by atoms with Gasteiger partial charge in [0.05, 0.1) is 11.1 Å². The van der Waals surface area contributed by atoms with E-state index in [0.29, 0.717) is 5.56 Å². The molecule has 5 heteroatoms. The first-order chi connectivity index (χ1) is 9.47. The van der Waals surface area contributed by atoms with Crippen LogP contribution in [0.15, 0.2) is 36.4 Å². The van der Waals surface area contributed by atoms with Gasteiger partial charge >= 0.3 is 0 Å². The topological polar surface area (TPSA) is 20.2 Å². The third-order valence-corrected chi connectivity index (χ3v) is 3.25. The highest BCUT2D eigenvalue weighted by atomic mass is 35.5. The molecule has 0 saturated heterocycles. The molecule has 1 atom stereocenters. The predicted molar refractivity (Wildman–Crippen MR) is 71.2 cm³/mol.